The zero-order valence-electron chi connectivity index (χ0n) is 15.1. The third kappa shape index (κ3) is 3.30. The molecule has 1 saturated heterocycles. The summed E-state index contributed by atoms with van der Waals surface area (Å²) in [6.45, 7) is 2.50. The van der Waals surface area contributed by atoms with Crippen molar-refractivity contribution in [3.8, 4) is 0 Å². The van der Waals surface area contributed by atoms with Crippen molar-refractivity contribution in [3.05, 3.63) is 42.1 Å². The van der Waals surface area contributed by atoms with Gasteiger partial charge in [-0.15, -0.1) is 0 Å². The molecule has 0 unspecified atom stereocenters. The maximum absolute atomic E-state index is 13.0. The van der Waals surface area contributed by atoms with Crippen LogP contribution in [0.1, 0.15) is 42.5 Å². The summed E-state index contributed by atoms with van der Waals surface area (Å²) < 4.78 is 0. The van der Waals surface area contributed by atoms with Gasteiger partial charge in [-0.25, -0.2) is 0 Å². The quantitative estimate of drug-likeness (QED) is 0.835. The number of rotatable bonds is 2. The molecule has 2 aromatic rings. The molecule has 2 fully saturated rings. The number of carbonyl (C=O) groups excluding carboxylic acids is 2. The fourth-order valence-electron chi connectivity index (χ4n) is 4.20. The maximum Gasteiger partial charge on any atom is 0.254 e. The van der Waals surface area contributed by atoms with E-state index in [0.29, 0.717) is 37.6 Å². The standard InChI is InChI=1S/C21H25N3O2/c25-20(16-6-2-1-3-7-16)23-12-14-24(15-13-23)21(26)18-8-4-10-19-17(18)9-5-11-22-19/h4-5,8-11,16H,1-3,6-7,12-15H2. The van der Waals surface area contributed by atoms with Crippen molar-refractivity contribution in [1.29, 1.82) is 0 Å². The average molecular weight is 351 g/mol. The number of fused-ring (bicyclic) bond motifs is 1. The third-order valence-corrected chi connectivity index (χ3v) is 5.71. The Balaban J connectivity index is 1.42. The minimum absolute atomic E-state index is 0.0355. The first-order chi connectivity index (χ1) is 12.7. The van der Waals surface area contributed by atoms with Crippen molar-refractivity contribution < 1.29 is 9.59 Å². The topological polar surface area (TPSA) is 53.5 Å². The molecule has 2 amide bonds. The normalized spacial score (nSPS) is 18.9. The van der Waals surface area contributed by atoms with E-state index >= 15 is 0 Å². The van der Waals surface area contributed by atoms with E-state index in [1.165, 1.54) is 19.3 Å². The number of carbonyl (C=O) groups is 2. The van der Waals surface area contributed by atoms with Crippen molar-refractivity contribution in [2.24, 2.45) is 5.92 Å². The Morgan fingerprint density at radius 3 is 2.38 bits per heavy atom. The van der Waals surface area contributed by atoms with Crippen molar-refractivity contribution in [3.63, 3.8) is 0 Å². The van der Waals surface area contributed by atoms with E-state index in [1.807, 2.05) is 40.1 Å². The van der Waals surface area contributed by atoms with Gasteiger partial charge in [-0.1, -0.05) is 31.4 Å². The number of hydrogen-bond donors (Lipinski definition) is 0. The molecule has 136 valence electrons. The van der Waals surface area contributed by atoms with Gasteiger partial charge in [0, 0.05) is 49.2 Å². The molecule has 5 heteroatoms. The number of amides is 2. The van der Waals surface area contributed by atoms with Gasteiger partial charge in [0.25, 0.3) is 5.91 Å². The summed E-state index contributed by atoms with van der Waals surface area (Å²) in [6.07, 6.45) is 7.40. The molecular weight excluding hydrogens is 326 g/mol. The summed E-state index contributed by atoms with van der Waals surface area (Å²) in [4.78, 5) is 33.8. The molecule has 2 heterocycles. The van der Waals surface area contributed by atoms with Crippen LogP contribution < -0.4 is 0 Å². The van der Waals surface area contributed by atoms with Crippen LogP contribution in [0.3, 0.4) is 0 Å². The van der Waals surface area contributed by atoms with E-state index in [0.717, 1.165) is 23.7 Å². The van der Waals surface area contributed by atoms with Crippen LogP contribution in [-0.2, 0) is 4.79 Å². The number of aromatic nitrogens is 1. The van der Waals surface area contributed by atoms with Gasteiger partial charge in [-0.05, 0) is 31.0 Å². The monoisotopic (exact) mass is 351 g/mol. The van der Waals surface area contributed by atoms with Crippen LogP contribution in [0.15, 0.2) is 36.5 Å². The predicted molar refractivity (Wildman–Crippen MR) is 101 cm³/mol. The van der Waals surface area contributed by atoms with E-state index in [2.05, 4.69) is 4.98 Å². The van der Waals surface area contributed by atoms with Gasteiger partial charge < -0.3 is 9.80 Å². The van der Waals surface area contributed by atoms with E-state index in [9.17, 15) is 9.59 Å². The van der Waals surface area contributed by atoms with Gasteiger partial charge in [0.15, 0.2) is 0 Å². The molecule has 0 N–H and O–H groups in total. The Kier molecular flexibility index (Phi) is 4.87. The minimum Gasteiger partial charge on any atom is -0.339 e. The largest absolute Gasteiger partial charge is 0.339 e. The van der Waals surface area contributed by atoms with Gasteiger partial charge in [0.05, 0.1) is 5.52 Å². The Morgan fingerprint density at radius 2 is 1.62 bits per heavy atom. The lowest BCUT2D eigenvalue weighted by Gasteiger charge is -2.37. The second kappa shape index (κ2) is 7.44. The lowest BCUT2D eigenvalue weighted by molar-refractivity contribution is -0.138. The summed E-state index contributed by atoms with van der Waals surface area (Å²) in [5, 5.41) is 0.890. The Hall–Kier alpha value is -2.43. The molecule has 5 nitrogen and oxygen atoms in total. The summed E-state index contributed by atoms with van der Waals surface area (Å²) >= 11 is 0. The van der Waals surface area contributed by atoms with Crippen molar-refractivity contribution in [2.75, 3.05) is 26.2 Å². The molecule has 2 aliphatic rings. The van der Waals surface area contributed by atoms with Crippen LogP contribution in [-0.4, -0.2) is 52.8 Å². The molecule has 0 spiro atoms. The molecular formula is C21H25N3O2. The van der Waals surface area contributed by atoms with Crippen molar-refractivity contribution in [2.45, 2.75) is 32.1 Å². The molecule has 26 heavy (non-hydrogen) atoms. The zero-order chi connectivity index (χ0) is 17.9. The fraction of sp³-hybridized carbons (Fsp3) is 0.476. The molecule has 4 rings (SSSR count). The number of pyridine rings is 1. The minimum atomic E-state index is 0.0355. The molecule has 1 aliphatic carbocycles. The highest BCUT2D eigenvalue weighted by molar-refractivity contribution is 6.06. The van der Waals surface area contributed by atoms with E-state index in [4.69, 9.17) is 0 Å². The van der Waals surface area contributed by atoms with Gasteiger partial charge >= 0.3 is 0 Å². The number of benzene rings is 1. The lowest BCUT2D eigenvalue weighted by Crippen LogP contribution is -2.52. The molecule has 0 radical (unpaired) electrons. The maximum atomic E-state index is 13.0. The summed E-state index contributed by atoms with van der Waals surface area (Å²) in [6, 6.07) is 9.47. The predicted octanol–water partition coefficient (Wildman–Crippen LogP) is 3.10. The van der Waals surface area contributed by atoms with Gasteiger partial charge in [0.2, 0.25) is 5.91 Å². The van der Waals surface area contributed by atoms with Gasteiger partial charge in [0.1, 0.15) is 0 Å². The third-order valence-electron chi connectivity index (χ3n) is 5.71. The summed E-state index contributed by atoms with van der Waals surface area (Å²) in [5.74, 6) is 0.537. The number of piperazine rings is 1. The average Bonchev–Trinajstić information content (AvgIpc) is 2.73. The number of nitrogens with zero attached hydrogens (tertiary/aromatic N) is 3. The highest BCUT2D eigenvalue weighted by Crippen LogP contribution is 2.26. The second-order valence-electron chi connectivity index (χ2n) is 7.33. The first-order valence-corrected chi connectivity index (χ1v) is 9.66. The zero-order valence-corrected chi connectivity index (χ0v) is 15.1. The van der Waals surface area contributed by atoms with Crippen LogP contribution in [0.2, 0.25) is 0 Å². The van der Waals surface area contributed by atoms with Crippen LogP contribution in [0.4, 0.5) is 0 Å². The molecule has 0 bridgehead atoms. The van der Waals surface area contributed by atoms with Crippen molar-refractivity contribution >= 4 is 22.7 Å². The summed E-state index contributed by atoms with van der Waals surface area (Å²) in [7, 11) is 0. The molecule has 1 aliphatic heterocycles. The van der Waals surface area contributed by atoms with Crippen LogP contribution in [0, 0.1) is 5.92 Å². The van der Waals surface area contributed by atoms with E-state index in [-0.39, 0.29) is 11.8 Å². The van der Waals surface area contributed by atoms with Crippen LogP contribution in [0.5, 0.6) is 0 Å². The van der Waals surface area contributed by atoms with E-state index in [1.54, 1.807) is 6.20 Å². The lowest BCUT2D eigenvalue weighted by atomic mass is 9.88. The summed E-state index contributed by atoms with van der Waals surface area (Å²) in [5.41, 5.74) is 1.53. The smallest absolute Gasteiger partial charge is 0.254 e. The van der Waals surface area contributed by atoms with E-state index < -0.39 is 0 Å². The van der Waals surface area contributed by atoms with Gasteiger partial charge in [-0.3, -0.25) is 14.6 Å². The Bertz CT molecular complexity index is 801. The first kappa shape index (κ1) is 17.0. The highest BCUT2D eigenvalue weighted by atomic mass is 16.2. The molecule has 1 aromatic carbocycles. The SMILES string of the molecule is O=C(c1cccc2ncccc12)N1CCN(C(=O)C2CCCCC2)CC1. The Labute approximate surface area is 154 Å². The highest BCUT2D eigenvalue weighted by Gasteiger charge is 2.30. The molecule has 1 saturated carbocycles. The van der Waals surface area contributed by atoms with Gasteiger partial charge in [-0.2, -0.15) is 0 Å². The molecule has 0 atom stereocenters. The number of hydrogen-bond acceptors (Lipinski definition) is 3. The fourth-order valence-corrected chi connectivity index (χ4v) is 4.20. The second-order valence-corrected chi connectivity index (χ2v) is 7.33. The molecule has 1 aromatic heterocycles. The van der Waals surface area contributed by atoms with Crippen LogP contribution >= 0.6 is 0 Å². The Morgan fingerprint density at radius 1 is 0.885 bits per heavy atom. The van der Waals surface area contributed by atoms with Crippen LogP contribution in [0.25, 0.3) is 10.9 Å². The van der Waals surface area contributed by atoms with Crippen molar-refractivity contribution in [1.82, 2.24) is 14.8 Å². The first-order valence-electron chi connectivity index (χ1n) is 9.66.